The van der Waals surface area contributed by atoms with Crippen LogP contribution in [-0.2, 0) is 4.74 Å². The van der Waals surface area contributed by atoms with Crippen LogP contribution in [0.4, 0.5) is 0 Å². The molecular formula is C13H18O4. The van der Waals surface area contributed by atoms with Crippen molar-refractivity contribution in [2.45, 2.75) is 6.42 Å². The standard InChI is InChI=1S/C13H18O4/c1-15-10-17-12-7-6-11(5-3-4-8-14)9-13(12)16-2/h3,5-7,9,14H,4,8,10H2,1-2H3. The van der Waals surface area contributed by atoms with Crippen LogP contribution in [0.15, 0.2) is 24.3 Å². The fraction of sp³-hybridized carbons (Fsp3) is 0.385. The highest BCUT2D eigenvalue weighted by atomic mass is 16.7. The van der Waals surface area contributed by atoms with Gasteiger partial charge >= 0.3 is 0 Å². The molecule has 0 unspecified atom stereocenters. The minimum atomic E-state index is 0.155. The van der Waals surface area contributed by atoms with Crippen molar-refractivity contribution in [3.05, 3.63) is 29.8 Å². The largest absolute Gasteiger partial charge is 0.493 e. The molecule has 0 fully saturated rings. The molecule has 0 radical (unpaired) electrons. The lowest BCUT2D eigenvalue weighted by atomic mass is 10.2. The summed E-state index contributed by atoms with van der Waals surface area (Å²) in [6, 6.07) is 5.62. The summed E-state index contributed by atoms with van der Waals surface area (Å²) in [5.41, 5.74) is 1.00. The summed E-state index contributed by atoms with van der Waals surface area (Å²) >= 11 is 0. The molecule has 1 rings (SSSR count). The normalized spacial score (nSPS) is 10.8. The predicted molar refractivity (Wildman–Crippen MR) is 66.2 cm³/mol. The van der Waals surface area contributed by atoms with Gasteiger partial charge in [0.1, 0.15) is 0 Å². The molecule has 0 aliphatic rings. The van der Waals surface area contributed by atoms with Crippen LogP contribution in [-0.4, -0.2) is 32.7 Å². The Labute approximate surface area is 101 Å². The maximum Gasteiger partial charge on any atom is 0.188 e. The number of methoxy groups -OCH3 is 2. The first-order chi connectivity index (χ1) is 8.31. The van der Waals surface area contributed by atoms with Gasteiger partial charge in [-0.25, -0.2) is 0 Å². The molecule has 1 aromatic carbocycles. The van der Waals surface area contributed by atoms with E-state index in [1.165, 1.54) is 0 Å². The first-order valence-electron chi connectivity index (χ1n) is 5.39. The second kappa shape index (κ2) is 7.70. The molecule has 17 heavy (non-hydrogen) atoms. The number of ether oxygens (including phenoxy) is 3. The van der Waals surface area contributed by atoms with Crippen molar-refractivity contribution in [1.29, 1.82) is 0 Å². The molecule has 94 valence electrons. The van der Waals surface area contributed by atoms with Crippen LogP contribution in [0.1, 0.15) is 12.0 Å². The van der Waals surface area contributed by atoms with Gasteiger partial charge in [0.15, 0.2) is 18.3 Å². The number of benzene rings is 1. The molecule has 4 heteroatoms. The second-order valence-electron chi connectivity index (χ2n) is 3.38. The minimum Gasteiger partial charge on any atom is -0.493 e. The molecule has 0 saturated carbocycles. The highest BCUT2D eigenvalue weighted by Crippen LogP contribution is 2.28. The van der Waals surface area contributed by atoms with E-state index in [1.807, 2.05) is 30.4 Å². The molecule has 1 N–H and O–H groups in total. The molecule has 1 aromatic rings. The fourth-order valence-corrected chi connectivity index (χ4v) is 1.32. The zero-order valence-corrected chi connectivity index (χ0v) is 10.2. The van der Waals surface area contributed by atoms with Crippen LogP contribution in [0.25, 0.3) is 6.08 Å². The molecule has 4 nitrogen and oxygen atoms in total. The van der Waals surface area contributed by atoms with Gasteiger partial charge in [0.25, 0.3) is 0 Å². The van der Waals surface area contributed by atoms with Gasteiger partial charge in [-0.15, -0.1) is 0 Å². The Hall–Kier alpha value is -1.52. The lowest BCUT2D eigenvalue weighted by Gasteiger charge is -2.10. The van der Waals surface area contributed by atoms with Crippen molar-refractivity contribution in [1.82, 2.24) is 0 Å². The monoisotopic (exact) mass is 238 g/mol. The van der Waals surface area contributed by atoms with Crippen LogP contribution in [0, 0.1) is 0 Å². The molecule has 0 bridgehead atoms. The van der Waals surface area contributed by atoms with E-state index in [9.17, 15) is 0 Å². The van der Waals surface area contributed by atoms with Gasteiger partial charge in [-0.1, -0.05) is 18.2 Å². The highest BCUT2D eigenvalue weighted by molar-refractivity contribution is 5.55. The zero-order chi connectivity index (χ0) is 12.5. The van der Waals surface area contributed by atoms with E-state index in [0.717, 1.165) is 5.56 Å². The average Bonchev–Trinajstić information content (AvgIpc) is 2.37. The SMILES string of the molecule is COCOc1ccc(C=CCCO)cc1OC. The summed E-state index contributed by atoms with van der Waals surface area (Å²) < 4.78 is 15.4. The summed E-state index contributed by atoms with van der Waals surface area (Å²) in [6.07, 6.45) is 4.48. The van der Waals surface area contributed by atoms with E-state index in [2.05, 4.69) is 0 Å². The number of aliphatic hydroxyl groups is 1. The van der Waals surface area contributed by atoms with Crippen molar-refractivity contribution in [3.63, 3.8) is 0 Å². The zero-order valence-electron chi connectivity index (χ0n) is 10.2. The molecular weight excluding hydrogens is 220 g/mol. The van der Waals surface area contributed by atoms with Crippen molar-refractivity contribution in [3.8, 4) is 11.5 Å². The molecule has 0 spiro atoms. The molecule has 0 amide bonds. The Balaban J connectivity index is 2.77. The lowest BCUT2D eigenvalue weighted by Crippen LogP contribution is -2.00. The Morgan fingerprint density at radius 1 is 1.24 bits per heavy atom. The van der Waals surface area contributed by atoms with E-state index in [4.69, 9.17) is 19.3 Å². The lowest BCUT2D eigenvalue weighted by molar-refractivity contribution is 0.0491. The third-order valence-electron chi connectivity index (χ3n) is 2.13. The van der Waals surface area contributed by atoms with Crippen LogP contribution in [0.3, 0.4) is 0 Å². The summed E-state index contributed by atoms with van der Waals surface area (Å²) in [7, 11) is 3.16. The van der Waals surface area contributed by atoms with Crippen LogP contribution in [0.5, 0.6) is 11.5 Å². The smallest absolute Gasteiger partial charge is 0.188 e. The summed E-state index contributed by atoms with van der Waals surface area (Å²) in [4.78, 5) is 0. The van der Waals surface area contributed by atoms with Crippen LogP contribution >= 0.6 is 0 Å². The van der Waals surface area contributed by atoms with Crippen LogP contribution in [0.2, 0.25) is 0 Å². The highest BCUT2D eigenvalue weighted by Gasteiger charge is 2.04. The van der Waals surface area contributed by atoms with Crippen molar-refractivity contribution < 1.29 is 19.3 Å². The van der Waals surface area contributed by atoms with E-state index >= 15 is 0 Å². The second-order valence-corrected chi connectivity index (χ2v) is 3.38. The van der Waals surface area contributed by atoms with Crippen LogP contribution < -0.4 is 9.47 Å². The van der Waals surface area contributed by atoms with Gasteiger partial charge in [-0.05, 0) is 24.1 Å². The summed E-state index contributed by atoms with van der Waals surface area (Å²) in [5, 5.41) is 8.68. The van der Waals surface area contributed by atoms with Gasteiger partial charge in [-0.2, -0.15) is 0 Å². The van der Waals surface area contributed by atoms with Crippen molar-refractivity contribution in [2.24, 2.45) is 0 Å². The molecule has 0 atom stereocenters. The first-order valence-corrected chi connectivity index (χ1v) is 5.39. The first kappa shape index (κ1) is 13.5. The maximum atomic E-state index is 8.68. The number of hydrogen-bond acceptors (Lipinski definition) is 4. The molecule has 0 heterocycles. The number of aliphatic hydroxyl groups excluding tert-OH is 1. The molecule has 0 aromatic heterocycles. The predicted octanol–water partition coefficient (Wildman–Crippen LogP) is 2.07. The summed E-state index contributed by atoms with van der Waals surface area (Å²) in [5.74, 6) is 1.31. The third-order valence-corrected chi connectivity index (χ3v) is 2.13. The van der Waals surface area contributed by atoms with E-state index in [1.54, 1.807) is 14.2 Å². The van der Waals surface area contributed by atoms with E-state index in [0.29, 0.717) is 17.9 Å². The quantitative estimate of drug-likeness (QED) is 0.739. The van der Waals surface area contributed by atoms with Gasteiger partial charge in [-0.3, -0.25) is 0 Å². The van der Waals surface area contributed by atoms with Crippen molar-refractivity contribution >= 4 is 6.08 Å². The van der Waals surface area contributed by atoms with E-state index in [-0.39, 0.29) is 13.4 Å². The topological polar surface area (TPSA) is 47.9 Å². The van der Waals surface area contributed by atoms with Gasteiger partial charge in [0, 0.05) is 13.7 Å². The average molecular weight is 238 g/mol. The molecule has 0 aliphatic carbocycles. The Morgan fingerprint density at radius 2 is 2.06 bits per heavy atom. The Morgan fingerprint density at radius 3 is 2.71 bits per heavy atom. The molecule has 0 saturated heterocycles. The minimum absolute atomic E-state index is 0.155. The molecule has 0 aliphatic heterocycles. The summed E-state index contributed by atoms with van der Waals surface area (Å²) in [6.45, 7) is 0.346. The van der Waals surface area contributed by atoms with Crippen molar-refractivity contribution in [2.75, 3.05) is 27.6 Å². The maximum absolute atomic E-state index is 8.68. The van der Waals surface area contributed by atoms with Gasteiger partial charge < -0.3 is 19.3 Å². The van der Waals surface area contributed by atoms with Gasteiger partial charge in [0.05, 0.1) is 7.11 Å². The fourth-order valence-electron chi connectivity index (χ4n) is 1.32. The Bertz CT molecular complexity index is 360. The number of hydrogen-bond donors (Lipinski definition) is 1. The van der Waals surface area contributed by atoms with Gasteiger partial charge in [0.2, 0.25) is 0 Å². The van der Waals surface area contributed by atoms with E-state index < -0.39 is 0 Å². The Kier molecular flexibility index (Phi) is 6.14. The third kappa shape index (κ3) is 4.46. The number of rotatable bonds is 7.